The van der Waals surface area contributed by atoms with Gasteiger partial charge in [-0.05, 0) is 30.7 Å². The lowest BCUT2D eigenvalue weighted by Crippen LogP contribution is -2.31. The molecule has 0 aliphatic carbocycles. The summed E-state index contributed by atoms with van der Waals surface area (Å²) in [6.45, 7) is 6.05. The van der Waals surface area contributed by atoms with E-state index in [0.29, 0.717) is 29.9 Å². The number of aromatic hydroxyl groups is 1. The summed E-state index contributed by atoms with van der Waals surface area (Å²) < 4.78 is 26.9. The maximum Gasteiger partial charge on any atom is 0.243 e. The number of phenols is 1. The normalized spacial score (nSPS) is 11.5. The Labute approximate surface area is 154 Å². The minimum absolute atomic E-state index is 0.00131. The number of aryl methyl sites for hydroxylation is 1. The van der Waals surface area contributed by atoms with Crippen molar-refractivity contribution in [3.8, 4) is 5.75 Å². The van der Waals surface area contributed by atoms with Crippen molar-refractivity contribution in [1.29, 1.82) is 0 Å². The minimum Gasteiger partial charge on any atom is -0.508 e. The molecule has 2 N–H and O–H groups in total. The third-order valence-electron chi connectivity index (χ3n) is 4.14. The average Bonchev–Trinajstić information content (AvgIpc) is 2.59. The standard InChI is InChI=1S/C19H24N2O4S/c1-4-21(5-2)26(24,25)18-13-16(11-10-14(18)3)20-19(23)12-15-8-6-7-9-17(15)22/h6-11,13,22H,4-5,12H2,1-3H3,(H,20,23). The second-order valence-corrected chi connectivity index (χ2v) is 7.83. The first-order chi connectivity index (χ1) is 12.3. The van der Waals surface area contributed by atoms with Gasteiger partial charge in [0, 0.05) is 24.3 Å². The molecule has 2 rings (SSSR count). The number of sulfonamides is 1. The zero-order valence-electron chi connectivity index (χ0n) is 15.2. The van der Waals surface area contributed by atoms with Crippen molar-refractivity contribution in [2.75, 3.05) is 18.4 Å². The zero-order valence-corrected chi connectivity index (χ0v) is 16.0. The van der Waals surface area contributed by atoms with Crippen LogP contribution in [0.15, 0.2) is 47.4 Å². The number of carbonyl (C=O) groups excluding carboxylic acids is 1. The number of carbonyl (C=O) groups is 1. The van der Waals surface area contributed by atoms with Gasteiger partial charge in [-0.25, -0.2) is 8.42 Å². The molecule has 0 bridgehead atoms. The highest BCUT2D eigenvalue weighted by Crippen LogP contribution is 2.24. The van der Waals surface area contributed by atoms with E-state index in [4.69, 9.17) is 0 Å². The van der Waals surface area contributed by atoms with E-state index >= 15 is 0 Å². The van der Waals surface area contributed by atoms with Crippen LogP contribution in [-0.4, -0.2) is 36.8 Å². The Morgan fingerprint density at radius 3 is 2.38 bits per heavy atom. The molecule has 0 aliphatic heterocycles. The Bertz CT molecular complexity index is 890. The Morgan fingerprint density at radius 2 is 1.77 bits per heavy atom. The Balaban J connectivity index is 2.24. The average molecular weight is 376 g/mol. The van der Waals surface area contributed by atoms with E-state index in [9.17, 15) is 18.3 Å². The van der Waals surface area contributed by atoms with Crippen LogP contribution in [0, 0.1) is 6.92 Å². The monoisotopic (exact) mass is 376 g/mol. The van der Waals surface area contributed by atoms with Gasteiger partial charge >= 0.3 is 0 Å². The highest BCUT2D eigenvalue weighted by atomic mass is 32.2. The first kappa shape index (κ1) is 19.9. The van der Waals surface area contributed by atoms with Crippen LogP contribution in [0.1, 0.15) is 25.0 Å². The van der Waals surface area contributed by atoms with E-state index in [-0.39, 0.29) is 23.0 Å². The number of nitrogens with one attached hydrogen (secondary N) is 1. The molecular formula is C19H24N2O4S. The van der Waals surface area contributed by atoms with Crippen molar-refractivity contribution in [2.24, 2.45) is 0 Å². The molecule has 0 aliphatic rings. The maximum absolute atomic E-state index is 12.8. The third-order valence-corrected chi connectivity index (χ3v) is 6.33. The number of hydrogen-bond donors (Lipinski definition) is 2. The second kappa shape index (κ2) is 8.33. The van der Waals surface area contributed by atoms with E-state index in [0.717, 1.165) is 0 Å². The molecule has 0 saturated heterocycles. The van der Waals surface area contributed by atoms with Gasteiger partial charge in [0.15, 0.2) is 0 Å². The molecule has 0 heterocycles. The molecule has 1 amide bonds. The molecule has 2 aromatic carbocycles. The topological polar surface area (TPSA) is 86.7 Å². The Hall–Kier alpha value is -2.38. The maximum atomic E-state index is 12.8. The van der Waals surface area contributed by atoms with Crippen LogP contribution >= 0.6 is 0 Å². The molecule has 0 radical (unpaired) electrons. The predicted octanol–water partition coefficient (Wildman–Crippen LogP) is 2.91. The Morgan fingerprint density at radius 1 is 1.12 bits per heavy atom. The van der Waals surface area contributed by atoms with Gasteiger partial charge in [-0.3, -0.25) is 4.79 Å². The molecule has 0 unspecified atom stereocenters. The van der Waals surface area contributed by atoms with Crippen molar-refractivity contribution >= 4 is 21.6 Å². The number of para-hydroxylation sites is 1. The molecule has 7 heteroatoms. The molecule has 0 spiro atoms. The van der Waals surface area contributed by atoms with Crippen molar-refractivity contribution in [2.45, 2.75) is 32.1 Å². The zero-order chi connectivity index (χ0) is 19.3. The van der Waals surface area contributed by atoms with Gasteiger partial charge in [0.1, 0.15) is 5.75 Å². The van der Waals surface area contributed by atoms with Crippen LogP contribution in [0.4, 0.5) is 5.69 Å². The summed E-state index contributed by atoms with van der Waals surface area (Å²) in [6.07, 6.45) is -0.00131. The summed E-state index contributed by atoms with van der Waals surface area (Å²) in [5.41, 5.74) is 1.53. The first-order valence-corrected chi connectivity index (χ1v) is 9.91. The van der Waals surface area contributed by atoms with Gasteiger partial charge in [-0.2, -0.15) is 4.31 Å². The summed E-state index contributed by atoms with van der Waals surface area (Å²) in [5, 5.41) is 12.5. The summed E-state index contributed by atoms with van der Waals surface area (Å²) in [6, 6.07) is 11.4. The SMILES string of the molecule is CCN(CC)S(=O)(=O)c1cc(NC(=O)Cc2ccccc2O)ccc1C. The smallest absolute Gasteiger partial charge is 0.243 e. The van der Waals surface area contributed by atoms with Crippen molar-refractivity contribution < 1.29 is 18.3 Å². The number of nitrogens with zero attached hydrogens (tertiary/aromatic N) is 1. The van der Waals surface area contributed by atoms with E-state index in [1.165, 1.54) is 16.4 Å². The Kier molecular flexibility index (Phi) is 6.39. The highest BCUT2D eigenvalue weighted by Gasteiger charge is 2.24. The molecule has 0 fully saturated rings. The van der Waals surface area contributed by atoms with Gasteiger partial charge in [-0.15, -0.1) is 0 Å². The van der Waals surface area contributed by atoms with Gasteiger partial charge < -0.3 is 10.4 Å². The van der Waals surface area contributed by atoms with Crippen molar-refractivity contribution in [3.05, 3.63) is 53.6 Å². The van der Waals surface area contributed by atoms with Crippen LogP contribution < -0.4 is 5.32 Å². The van der Waals surface area contributed by atoms with Crippen molar-refractivity contribution in [3.63, 3.8) is 0 Å². The number of amides is 1. The highest BCUT2D eigenvalue weighted by molar-refractivity contribution is 7.89. The number of hydrogen-bond acceptors (Lipinski definition) is 4. The predicted molar refractivity (Wildman–Crippen MR) is 102 cm³/mol. The van der Waals surface area contributed by atoms with Crippen molar-refractivity contribution in [1.82, 2.24) is 4.31 Å². The molecule has 6 nitrogen and oxygen atoms in total. The van der Waals surface area contributed by atoms with Gasteiger partial charge in [0.2, 0.25) is 15.9 Å². The first-order valence-electron chi connectivity index (χ1n) is 8.47. The van der Waals surface area contributed by atoms with E-state index in [1.807, 2.05) is 0 Å². The molecule has 26 heavy (non-hydrogen) atoms. The number of rotatable bonds is 7. The van der Waals surface area contributed by atoms with Gasteiger partial charge in [0.05, 0.1) is 11.3 Å². The number of phenolic OH excluding ortho intramolecular Hbond substituents is 1. The fraction of sp³-hybridized carbons (Fsp3) is 0.316. The van der Waals surface area contributed by atoms with Gasteiger partial charge in [0.25, 0.3) is 0 Å². The summed E-state index contributed by atoms with van der Waals surface area (Å²) >= 11 is 0. The molecular weight excluding hydrogens is 352 g/mol. The van der Waals surface area contributed by atoms with E-state index < -0.39 is 10.0 Å². The van der Waals surface area contributed by atoms with Crippen LogP contribution in [0.5, 0.6) is 5.75 Å². The molecule has 0 aromatic heterocycles. The second-order valence-electron chi connectivity index (χ2n) is 5.92. The fourth-order valence-corrected chi connectivity index (χ4v) is 4.41. The third kappa shape index (κ3) is 4.42. The molecule has 2 aromatic rings. The molecule has 0 atom stereocenters. The fourth-order valence-electron chi connectivity index (χ4n) is 2.70. The van der Waals surface area contributed by atoms with Crippen LogP contribution in [0.3, 0.4) is 0 Å². The lowest BCUT2D eigenvalue weighted by molar-refractivity contribution is -0.115. The van der Waals surface area contributed by atoms with E-state index in [1.54, 1.807) is 51.1 Å². The number of benzene rings is 2. The minimum atomic E-state index is -3.61. The summed E-state index contributed by atoms with van der Waals surface area (Å²) in [4.78, 5) is 12.4. The molecule has 0 saturated carbocycles. The van der Waals surface area contributed by atoms with E-state index in [2.05, 4.69) is 5.32 Å². The summed E-state index contributed by atoms with van der Waals surface area (Å²) in [5.74, 6) is -0.280. The van der Waals surface area contributed by atoms with Crippen LogP contribution in [0.25, 0.3) is 0 Å². The lowest BCUT2D eigenvalue weighted by atomic mass is 10.1. The quantitative estimate of drug-likeness (QED) is 0.778. The number of anilines is 1. The summed E-state index contributed by atoms with van der Waals surface area (Å²) in [7, 11) is -3.61. The lowest BCUT2D eigenvalue weighted by Gasteiger charge is -2.20. The van der Waals surface area contributed by atoms with Crippen LogP contribution in [0.2, 0.25) is 0 Å². The van der Waals surface area contributed by atoms with Gasteiger partial charge in [-0.1, -0.05) is 38.1 Å². The molecule has 140 valence electrons. The van der Waals surface area contributed by atoms with Crippen LogP contribution in [-0.2, 0) is 21.2 Å². The largest absolute Gasteiger partial charge is 0.508 e.